The van der Waals surface area contributed by atoms with Crippen molar-refractivity contribution in [2.75, 3.05) is 24.2 Å². The van der Waals surface area contributed by atoms with Crippen molar-refractivity contribution in [3.8, 4) is 5.75 Å². The molecule has 1 amide bonds. The molecule has 0 aliphatic heterocycles. The summed E-state index contributed by atoms with van der Waals surface area (Å²) in [4.78, 5) is 12.6. The number of nitrogens with one attached hydrogen (secondary N) is 1. The Kier molecular flexibility index (Phi) is 6.49. The molecule has 0 spiro atoms. The van der Waals surface area contributed by atoms with E-state index in [1.54, 1.807) is 25.1 Å². The van der Waals surface area contributed by atoms with Gasteiger partial charge < -0.3 is 10.1 Å². The fraction of sp³-hybridized carbons (Fsp3) is 0.350. The summed E-state index contributed by atoms with van der Waals surface area (Å²) in [5.74, 6) is 0.517. The van der Waals surface area contributed by atoms with Crippen molar-refractivity contribution in [3.63, 3.8) is 0 Å². The fourth-order valence-electron chi connectivity index (χ4n) is 2.67. The standard InChI is InChI=1S/C20H26N2O4S/c1-14-9-6-7-12-19(14)26-13-15(2)21-20(23)17-10-8-11-18(16(17)3)22(4)27(5,24)25/h6-12,15H,13H2,1-5H3,(H,21,23). The molecule has 0 heterocycles. The van der Waals surface area contributed by atoms with Crippen LogP contribution < -0.4 is 14.4 Å². The highest BCUT2D eigenvalue weighted by molar-refractivity contribution is 7.92. The van der Waals surface area contributed by atoms with Crippen molar-refractivity contribution < 1.29 is 17.9 Å². The molecule has 0 aliphatic carbocycles. The number of anilines is 1. The van der Waals surface area contributed by atoms with Crippen molar-refractivity contribution in [2.45, 2.75) is 26.8 Å². The number of ether oxygens (including phenoxy) is 1. The van der Waals surface area contributed by atoms with Gasteiger partial charge in [0.1, 0.15) is 12.4 Å². The van der Waals surface area contributed by atoms with Crippen LogP contribution in [0.5, 0.6) is 5.75 Å². The van der Waals surface area contributed by atoms with Gasteiger partial charge in [0.2, 0.25) is 10.0 Å². The van der Waals surface area contributed by atoms with Crippen molar-refractivity contribution in [1.29, 1.82) is 0 Å². The van der Waals surface area contributed by atoms with Crippen LogP contribution in [0.3, 0.4) is 0 Å². The van der Waals surface area contributed by atoms with E-state index in [1.165, 1.54) is 11.4 Å². The number of hydrogen-bond donors (Lipinski definition) is 1. The Morgan fingerprint density at radius 2 is 1.81 bits per heavy atom. The predicted octanol–water partition coefficient (Wildman–Crippen LogP) is 2.90. The van der Waals surface area contributed by atoms with Gasteiger partial charge in [0, 0.05) is 12.6 Å². The van der Waals surface area contributed by atoms with Crippen LogP contribution >= 0.6 is 0 Å². The van der Waals surface area contributed by atoms with Crippen LogP contribution in [0.4, 0.5) is 5.69 Å². The second-order valence-electron chi connectivity index (χ2n) is 6.63. The highest BCUT2D eigenvalue weighted by atomic mass is 32.2. The van der Waals surface area contributed by atoms with Crippen molar-refractivity contribution in [2.24, 2.45) is 0 Å². The molecule has 27 heavy (non-hydrogen) atoms. The maximum atomic E-state index is 12.6. The molecule has 2 rings (SSSR count). The van der Waals surface area contributed by atoms with Crippen molar-refractivity contribution in [3.05, 3.63) is 59.2 Å². The smallest absolute Gasteiger partial charge is 0.251 e. The SMILES string of the molecule is Cc1ccccc1OCC(C)NC(=O)c1cccc(N(C)S(C)(=O)=O)c1C. The lowest BCUT2D eigenvalue weighted by molar-refractivity contribution is 0.0926. The topological polar surface area (TPSA) is 75.7 Å². The van der Waals surface area contributed by atoms with Crippen LogP contribution in [0.2, 0.25) is 0 Å². The average molecular weight is 391 g/mol. The van der Waals surface area contributed by atoms with Crippen molar-refractivity contribution >= 4 is 21.6 Å². The fourth-order valence-corrected chi connectivity index (χ4v) is 3.22. The quantitative estimate of drug-likeness (QED) is 0.789. The molecule has 0 bridgehead atoms. The Hall–Kier alpha value is -2.54. The predicted molar refractivity (Wildman–Crippen MR) is 108 cm³/mol. The Labute approximate surface area is 161 Å². The van der Waals surface area contributed by atoms with Crippen LogP contribution in [0.25, 0.3) is 0 Å². The first-order valence-corrected chi connectivity index (χ1v) is 10.5. The number of carbonyl (C=O) groups excluding carboxylic acids is 1. The Morgan fingerprint density at radius 3 is 2.44 bits per heavy atom. The van der Waals surface area contributed by atoms with E-state index in [1.807, 2.05) is 38.1 Å². The molecule has 1 N–H and O–H groups in total. The molecule has 0 aliphatic rings. The molecule has 0 aromatic heterocycles. The largest absolute Gasteiger partial charge is 0.491 e. The minimum absolute atomic E-state index is 0.215. The van der Waals surface area contributed by atoms with E-state index in [4.69, 9.17) is 4.74 Å². The van der Waals surface area contributed by atoms with Gasteiger partial charge in [0.15, 0.2) is 0 Å². The molecule has 1 unspecified atom stereocenters. The van der Waals surface area contributed by atoms with Gasteiger partial charge in [-0.1, -0.05) is 24.3 Å². The lowest BCUT2D eigenvalue weighted by atomic mass is 10.1. The normalized spacial score (nSPS) is 12.3. The number of hydrogen-bond acceptors (Lipinski definition) is 4. The molecule has 1 atom stereocenters. The van der Waals surface area contributed by atoms with E-state index in [-0.39, 0.29) is 11.9 Å². The van der Waals surface area contributed by atoms with Gasteiger partial charge in [-0.05, 0) is 50.1 Å². The minimum atomic E-state index is -3.41. The molecule has 0 radical (unpaired) electrons. The zero-order chi connectivity index (χ0) is 20.2. The van der Waals surface area contributed by atoms with Gasteiger partial charge in [-0.25, -0.2) is 8.42 Å². The van der Waals surface area contributed by atoms with Gasteiger partial charge in [0.05, 0.1) is 18.0 Å². The number of rotatable bonds is 7. The Balaban J connectivity index is 2.08. The molecule has 2 aromatic carbocycles. The van der Waals surface area contributed by atoms with E-state index in [0.717, 1.165) is 17.6 Å². The van der Waals surface area contributed by atoms with Crippen LogP contribution in [-0.2, 0) is 10.0 Å². The first-order chi connectivity index (χ1) is 12.6. The summed E-state index contributed by atoms with van der Waals surface area (Å²) in [7, 11) is -1.94. The third-order valence-corrected chi connectivity index (χ3v) is 5.54. The highest BCUT2D eigenvalue weighted by Crippen LogP contribution is 2.24. The number of para-hydroxylation sites is 1. The van der Waals surface area contributed by atoms with Gasteiger partial charge in [0.25, 0.3) is 5.91 Å². The summed E-state index contributed by atoms with van der Waals surface area (Å²) in [5, 5.41) is 2.90. The van der Waals surface area contributed by atoms with Crippen molar-refractivity contribution in [1.82, 2.24) is 5.32 Å². The van der Waals surface area contributed by atoms with E-state index in [0.29, 0.717) is 23.4 Å². The summed E-state index contributed by atoms with van der Waals surface area (Å²) in [6.07, 6.45) is 1.13. The van der Waals surface area contributed by atoms with Gasteiger partial charge in [-0.3, -0.25) is 9.10 Å². The van der Waals surface area contributed by atoms with E-state index in [9.17, 15) is 13.2 Å². The van der Waals surface area contributed by atoms with E-state index < -0.39 is 10.0 Å². The highest BCUT2D eigenvalue weighted by Gasteiger charge is 2.19. The van der Waals surface area contributed by atoms with E-state index in [2.05, 4.69) is 5.32 Å². The maximum Gasteiger partial charge on any atom is 0.251 e. The summed E-state index contributed by atoms with van der Waals surface area (Å²) in [5.41, 5.74) is 2.55. The van der Waals surface area contributed by atoms with E-state index >= 15 is 0 Å². The number of nitrogens with zero attached hydrogens (tertiary/aromatic N) is 1. The number of benzene rings is 2. The van der Waals surface area contributed by atoms with Gasteiger partial charge in [-0.15, -0.1) is 0 Å². The van der Waals surface area contributed by atoms with Gasteiger partial charge >= 0.3 is 0 Å². The average Bonchev–Trinajstić information content (AvgIpc) is 2.59. The minimum Gasteiger partial charge on any atom is -0.491 e. The van der Waals surface area contributed by atoms with Gasteiger partial charge in [-0.2, -0.15) is 0 Å². The zero-order valence-electron chi connectivity index (χ0n) is 16.3. The Morgan fingerprint density at radius 1 is 1.15 bits per heavy atom. The molecule has 2 aromatic rings. The summed E-state index contributed by atoms with van der Waals surface area (Å²) in [6, 6.07) is 12.5. The Bertz CT molecular complexity index is 925. The second kappa shape index (κ2) is 8.43. The van der Waals surface area contributed by atoms with Crippen LogP contribution in [-0.4, -0.2) is 40.3 Å². The molecule has 0 saturated heterocycles. The number of aryl methyl sites for hydroxylation is 1. The number of carbonyl (C=O) groups is 1. The van der Waals surface area contributed by atoms with Crippen LogP contribution in [0, 0.1) is 13.8 Å². The summed E-state index contributed by atoms with van der Waals surface area (Å²) in [6.45, 7) is 5.89. The number of amides is 1. The molecule has 7 heteroatoms. The lowest BCUT2D eigenvalue weighted by Crippen LogP contribution is -2.37. The molecular formula is C20H26N2O4S. The third kappa shape index (κ3) is 5.23. The summed E-state index contributed by atoms with van der Waals surface area (Å²) >= 11 is 0. The molecule has 6 nitrogen and oxygen atoms in total. The molecule has 0 fully saturated rings. The summed E-state index contributed by atoms with van der Waals surface area (Å²) < 4.78 is 30.5. The molecule has 0 saturated carbocycles. The zero-order valence-corrected chi connectivity index (χ0v) is 17.1. The van der Waals surface area contributed by atoms with Crippen LogP contribution in [0.1, 0.15) is 28.4 Å². The molecular weight excluding hydrogens is 364 g/mol. The first-order valence-electron chi connectivity index (χ1n) is 8.64. The number of sulfonamides is 1. The first kappa shape index (κ1) is 20.8. The van der Waals surface area contributed by atoms with Crippen LogP contribution in [0.15, 0.2) is 42.5 Å². The third-order valence-electron chi connectivity index (χ3n) is 4.35. The maximum absolute atomic E-state index is 12.6. The molecule has 146 valence electrons. The second-order valence-corrected chi connectivity index (χ2v) is 8.64. The lowest BCUT2D eigenvalue weighted by Gasteiger charge is -2.21. The monoisotopic (exact) mass is 390 g/mol.